The summed E-state index contributed by atoms with van der Waals surface area (Å²) in [5.41, 5.74) is 2.44. The lowest BCUT2D eigenvalue weighted by Crippen LogP contribution is -2.33. The lowest BCUT2D eigenvalue weighted by Gasteiger charge is -2.18. The van der Waals surface area contributed by atoms with Crippen LogP contribution in [0.15, 0.2) is 42.5 Å². The quantitative estimate of drug-likeness (QED) is 0.744. The first-order valence-corrected chi connectivity index (χ1v) is 10.7. The van der Waals surface area contributed by atoms with Crippen LogP contribution in [0.2, 0.25) is 5.02 Å². The molecule has 2 aliphatic carbocycles. The number of benzene rings is 2. The summed E-state index contributed by atoms with van der Waals surface area (Å²) < 4.78 is 6.12. The van der Waals surface area contributed by atoms with Gasteiger partial charge >= 0.3 is 0 Å². The molecule has 2 aromatic rings. The molecule has 0 heterocycles. The van der Waals surface area contributed by atoms with E-state index in [1.807, 2.05) is 30.3 Å². The molecule has 2 unspecified atom stereocenters. The smallest absolute Gasteiger partial charge is 0.251 e. The maximum atomic E-state index is 12.5. The normalized spacial score (nSPS) is 25.3. The fourth-order valence-corrected chi connectivity index (χ4v) is 5.00. The number of nitrogens with zero attached hydrogens (tertiary/aromatic N) is 1. The van der Waals surface area contributed by atoms with E-state index in [1.54, 1.807) is 12.1 Å². The maximum absolute atomic E-state index is 12.5. The number of rotatable bonds is 5. The van der Waals surface area contributed by atoms with Crippen molar-refractivity contribution >= 4 is 17.5 Å². The van der Waals surface area contributed by atoms with Gasteiger partial charge in [0.15, 0.2) is 0 Å². The first kappa shape index (κ1) is 19.8. The third kappa shape index (κ3) is 4.41. The SMILES string of the molecule is CCc1ccc(C(=O)NC2C[C@@H]3CC(Oc4ccc(C#N)c(Cl)c4)C[C@@H]3C2)cc1. The van der Waals surface area contributed by atoms with Gasteiger partial charge in [-0.1, -0.05) is 30.7 Å². The van der Waals surface area contributed by atoms with E-state index in [1.165, 1.54) is 5.56 Å². The fourth-order valence-electron chi connectivity index (χ4n) is 4.79. The molecule has 2 aromatic carbocycles. The Bertz CT molecular complexity index is 921. The van der Waals surface area contributed by atoms with Crippen molar-refractivity contribution in [2.75, 3.05) is 0 Å². The van der Waals surface area contributed by atoms with Crippen molar-refractivity contribution in [2.45, 2.75) is 51.2 Å². The summed E-state index contributed by atoms with van der Waals surface area (Å²) >= 11 is 6.10. The highest BCUT2D eigenvalue weighted by molar-refractivity contribution is 6.31. The van der Waals surface area contributed by atoms with Gasteiger partial charge in [0.25, 0.3) is 5.91 Å². The molecule has 0 spiro atoms. The summed E-state index contributed by atoms with van der Waals surface area (Å²) in [7, 11) is 0. The summed E-state index contributed by atoms with van der Waals surface area (Å²) in [4.78, 5) is 12.5. The second-order valence-corrected chi connectivity index (χ2v) is 8.58. The summed E-state index contributed by atoms with van der Waals surface area (Å²) in [6.07, 6.45) is 5.17. The molecular formula is C24H25ClN2O2. The number of halogens is 1. The highest BCUT2D eigenvalue weighted by Crippen LogP contribution is 2.45. The molecule has 150 valence electrons. The maximum Gasteiger partial charge on any atom is 0.251 e. The number of hydrogen-bond acceptors (Lipinski definition) is 3. The third-order valence-corrected chi connectivity index (χ3v) is 6.61. The number of carbonyl (C=O) groups excluding carboxylic acids is 1. The van der Waals surface area contributed by atoms with Gasteiger partial charge in [0, 0.05) is 17.7 Å². The van der Waals surface area contributed by atoms with Gasteiger partial charge in [-0.05, 0) is 73.8 Å². The Hall–Kier alpha value is -2.51. The summed E-state index contributed by atoms with van der Waals surface area (Å²) in [5.74, 6) is 1.92. The molecule has 1 amide bonds. The predicted molar refractivity (Wildman–Crippen MR) is 113 cm³/mol. The standard InChI is InChI=1S/C24H25ClN2O2/c1-2-15-3-5-16(6-4-15)24(28)27-20-9-18-11-22(12-19(18)10-20)29-21-8-7-17(14-26)23(25)13-21/h3-8,13,18-20,22H,2,9-12H2,1H3,(H,27,28)/t18-,19+,20?,22?. The Labute approximate surface area is 176 Å². The molecule has 2 aliphatic rings. The van der Waals surface area contributed by atoms with Gasteiger partial charge in [0.05, 0.1) is 16.7 Å². The molecule has 4 rings (SSSR count). The molecule has 0 aromatic heterocycles. The van der Waals surface area contributed by atoms with Crippen LogP contribution in [0.1, 0.15) is 54.1 Å². The largest absolute Gasteiger partial charge is 0.490 e. The third-order valence-electron chi connectivity index (χ3n) is 6.30. The van der Waals surface area contributed by atoms with Gasteiger partial charge in [-0.3, -0.25) is 4.79 Å². The Balaban J connectivity index is 1.29. The average molecular weight is 409 g/mol. The Morgan fingerprint density at radius 1 is 1.14 bits per heavy atom. The number of aryl methyl sites for hydroxylation is 1. The molecule has 4 atom stereocenters. The van der Waals surface area contributed by atoms with Gasteiger partial charge in [-0.15, -0.1) is 0 Å². The minimum Gasteiger partial charge on any atom is -0.490 e. The van der Waals surface area contributed by atoms with Crippen molar-refractivity contribution in [3.63, 3.8) is 0 Å². The van der Waals surface area contributed by atoms with Crippen LogP contribution in [0.5, 0.6) is 5.75 Å². The molecule has 0 aliphatic heterocycles. The zero-order chi connectivity index (χ0) is 20.4. The number of amides is 1. The molecule has 4 nitrogen and oxygen atoms in total. The molecule has 5 heteroatoms. The minimum absolute atomic E-state index is 0.0256. The second kappa shape index (κ2) is 8.47. The van der Waals surface area contributed by atoms with Crippen LogP contribution in [0, 0.1) is 23.2 Å². The fraction of sp³-hybridized carbons (Fsp3) is 0.417. The van der Waals surface area contributed by atoms with Crippen molar-refractivity contribution in [2.24, 2.45) is 11.8 Å². The predicted octanol–water partition coefficient (Wildman–Crippen LogP) is 5.14. The monoisotopic (exact) mass is 408 g/mol. The van der Waals surface area contributed by atoms with E-state index in [4.69, 9.17) is 21.6 Å². The van der Waals surface area contributed by atoms with Crippen LogP contribution in [0.25, 0.3) is 0 Å². The molecule has 2 saturated carbocycles. The Kier molecular flexibility index (Phi) is 5.78. The lowest BCUT2D eigenvalue weighted by molar-refractivity contribution is 0.0935. The van der Waals surface area contributed by atoms with E-state index in [0.29, 0.717) is 22.4 Å². The molecule has 29 heavy (non-hydrogen) atoms. The molecule has 1 N–H and O–H groups in total. The van der Waals surface area contributed by atoms with Gasteiger partial charge in [0.1, 0.15) is 11.8 Å². The van der Waals surface area contributed by atoms with Crippen LogP contribution >= 0.6 is 11.6 Å². The molecular weight excluding hydrogens is 384 g/mol. The Morgan fingerprint density at radius 2 is 1.83 bits per heavy atom. The van der Waals surface area contributed by atoms with Crippen molar-refractivity contribution in [3.8, 4) is 11.8 Å². The summed E-state index contributed by atoms with van der Waals surface area (Å²) in [5, 5.41) is 12.6. The van der Waals surface area contributed by atoms with Crippen molar-refractivity contribution < 1.29 is 9.53 Å². The lowest BCUT2D eigenvalue weighted by atomic mass is 10.0. The van der Waals surface area contributed by atoms with Crippen LogP contribution in [0.3, 0.4) is 0 Å². The number of nitrogens with one attached hydrogen (secondary N) is 1. The zero-order valence-electron chi connectivity index (χ0n) is 16.5. The second-order valence-electron chi connectivity index (χ2n) is 8.18. The van der Waals surface area contributed by atoms with Crippen LogP contribution in [-0.4, -0.2) is 18.1 Å². The number of nitriles is 1. The van der Waals surface area contributed by atoms with E-state index in [-0.39, 0.29) is 18.1 Å². The number of hydrogen-bond donors (Lipinski definition) is 1. The van der Waals surface area contributed by atoms with Crippen molar-refractivity contribution in [1.29, 1.82) is 5.26 Å². The number of carbonyl (C=O) groups is 1. The molecule has 0 bridgehead atoms. The molecule has 2 fully saturated rings. The number of ether oxygens (including phenoxy) is 1. The summed E-state index contributed by atoms with van der Waals surface area (Å²) in [6, 6.07) is 15.4. The van der Waals surface area contributed by atoms with Crippen LogP contribution < -0.4 is 10.1 Å². The van der Waals surface area contributed by atoms with Crippen molar-refractivity contribution in [3.05, 3.63) is 64.2 Å². The first-order chi connectivity index (χ1) is 14.1. The van der Waals surface area contributed by atoms with E-state index in [9.17, 15) is 4.79 Å². The van der Waals surface area contributed by atoms with E-state index in [2.05, 4.69) is 18.3 Å². The topological polar surface area (TPSA) is 62.1 Å². The molecule has 0 saturated heterocycles. The van der Waals surface area contributed by atoms with Gasteiger partial charge in [0.2, 0.25) is 0 Å². The average Bonchev–Trinajstić information content (AvgIpc) is 3.26. The minimum atomic E-state index is 0.0256. The van der Waals surface area contributed by atoms with Crippen LogP contribution in [-0.2, 0) is 6.42 Å². The molecule has 0 radical (unpaired) electrons. The number of fused-ring (bicyclic) bond motifs is 1. The van der Waals surface area contributed by atoms with E-state index >= 15 is 0 Å². The van der Waals surface area contributed by atoms with Gasteiger partial charge in [-0.2, -0.15) is 5.26 Å². The van der Waals surface area contributed by atoms with E-state index in [0.717, 1.165) is 43.4 Å². The first-order valence-electron chi connectivity index (χ1n) is 10.3. The summed E-state index contributed by atoms with van der Waals surface area (Å²) in [6.45, 7) is 2.11. The van der Waals surface area contributed by atoms with Crippen LogP contribution in [0.4, 0.5) is 0 Å². The highest BCUT2D eigenvalue weighted by Gasteiger charge is 2.43. The zero-order valence-corrected chi connectivity index (χ0v) is 17.3. The highest BCUT2D eigenvalue weighted by atomic mass is 35.5. The Morgan fingerprint density at radius 3 is 2.41 bits per heavy atom. The van der Waals surface area contributed by atoms with Gasteiger partial charge < -0.3 is 10.1 Å². The van der Waals surface area contributed by atoms with Gasteiger partial charge in [-0.25, -0.2) is 0 Å². The van der Waals surface area contributed by atoms with E-state index < -0.39 is 0 Å². The van der Waals surface area contributed by atoms with Crippen molar-refractivity contribution in [1.82, 2.24) is 5.32 Å².